The predicted molar refractivity (Wildman–Crippen MR) is 107 cm³/mol. The van der Waals surface area contributed by atoms with Gasteiger partial charge in [0, 0.05) is 31.1 Å². The lowest BCUT2D eigenvalue weighted by atomic mass is 9.97. The summed E-state index contributed by atoms with van der Waals surface area (Å²) in [5.74, 6) is 0.554. The van der Waals surface area contributed by atoms with E-state index >= 15 is 0 Å². The molecule has 3 rings (SSSR count). The number of nitrogens with zero attached hydrogens (tertiary/aromatic N) is 1. The third-order valence-corrected chi connectivity index (χ3v) is 6.84. The van der Waals surface area contributed by atoms with Gasteiger partial charge in [0.1, 0.15) is 5.75 Å². The number of ether oxygens (including phenoxy) is 1. The van der Waals surface area contributed by atoms with Crippen molar-refractivity contribution in [3.63, 3.8) is 0 Å². The number of nitrogens with one attached hydrogen (secondary N) is 1. The third-order valence-electron chi connectivity index (χ3n) is 4.93. The van der Waals surface area contributed by atoms with Crippen molar-refractivity contribution in [2.45, 2.75) is 31.2 Å². The van der Waals surface area contributed by atoms with Gasteiger partial charge in [0.25, 0.3) is 0 Å². The smallest absolute Gasteiger partial charge is 0.243 e. The van der Waals surface area contributed by atoms with Crippen LogP contribution in [-0.4, -0.2) is 38.3 Å². The van der Waals surface area contributed by atoms with Crippen LogP contribution in [0.2, 0.25) is 0 Å². The summed E-state index contributed by atoms with van der Waals surface area (Å²) in [6, 6.07) is 16.1. The standard InChI is InChI=1S/C21H26N2O4S/c1-2-27-20-11-7-6-8-18(20)16-22-21(24)17-12-14-23(15-13-17)28(25,26)19-9-4-3-5-10-19/h3-11,17H,2,12-16H2,1H3,(H,22,24). The van der Waals surface area contributed by atoms with Crippen LogP contribution in [0.25, 0.3) is 0 Å². The Morgan fingerprint density at radius 2 is 1.71 bits per heavy atom. The summed E-state index contributed by atoms with van der Waals surface area (Å²) in [4.78, 5) is 12.8. The normalized spacial score (nSPS) is 15.9. The van der Waals surface area contributed by atoms with Gasteiger partial charge in [0.15, 0.2) is 0 Å². The molecule has 0 radical (unpaired) electrons. The molecule has 150 valence electrons. The van der Waals surface area contributed by atoms with Crippen molar-refractivity contribution in [3.8, 4) is 5.75 Å². The lowest BCUT2D eigenvalue weighted by molar-refractivity contribution is -0.126. The summed E-state index contributed by atoms with van der Waals surface area (Å²) in [6.07, 6.45) is 1.04. The number of amides is 1. The van der Waals surface area contributed by atoms with Crippen LogP contribution < -0.4 is 10.1 Å². The van der Waals surface area contributed by atoms with Gasteiger partial charge in [-0.3, -0.25) is 4.79 Å². The van der Waals surface area contributed by atoms with E-state index in [1.807, 2.05) is 31.2 Å². The van der Waals surface area contributed by atoms with Crippen LogP contribution in [0.3, 0.4) is 0 Å². The highest BCUT2D eigenvalue weighted by atomic mass is 32.2. The average Bonchev–Trinajstić information content (AvgIpc) is 2.74. The van der Waals surface area contributed by atoms with Crippen LogP contribution in [0.1, 0.15) is 25.3 Å². The van der Waals surface area contributed by atoms with Gasteiger partial charge < -0.3 is 10.1 Å². The minimum absolute atomic E-state index is 0.0388. The van der Waals surface area contributed by atoms with Crippen molar-refractivity contribution in [2.24, 2.45) is 5.92 Å². The molecule has 1 aliphatic heterocycles. The first-order valence-corrected chi connectivity index (χ1v) is 11.0. The molecule has 2 aromatic carbocycles. The van der Waals surface area contributed by atoms with Crippen molar-refractivity contribution in [1.82, 2.24) is 9.62 Å². The van der Waals surface area contributed by atoms with E-state index in [-0.39, 0.29) is 11.8 Å². The molecule has 0 saturated carbocycles. The van der Waals surface area contributed by atoms with Gasteiger partial charge >= 0.3 is 0 Å². The molecule has 1 fully saturated rings. The Morgan fingerprint density at radius 3 is 2.39 bits per heavy atom. The zero-order valence-electron chi connectivity index (χ0n) is 16.0. The summed E-state index contributed by atoms with van der Waals surface area (Å²) in [5.41, 5.74) is 0.932. The SMILES string of the molecule is CCOc1ccccc1CNC(=O)C1CCN(S(=O)(=O)c2ccccc2)CC1. The van der Waals surface area contributed by atoms with Crippen LogP contribution in [0.15, 0.2) is 59.5 Å². The number of sulfonamides is 1. The Labute approximate surface area is 166 Å². The summed E-state index contributed by atoms with van der Waals surface area (Å²) >= 11 is 0. The molecule has 28 heavy (non-hydrogen) atoms. The minimum Gasteiger partial charge on any atom is -0.494 e. The molecule has 0 atom stereocenters. The molecule has 1 saturated heterocycles. The maximum absolute atomic E-state index is 12.7. The molecule has 1 heterocycles. The molecule has 0 spiro atoms. The van der Waals surface area contributed by atoms with Crippen molar-refractivity contribution < 1.29 is 17.9 Å². The molecule has 1 amide bonds. The van der Waals surface area contributed by atoms with E-state index in [0.717, 1.165) is 11.3 Å². The largest absolute Gasteiger partial charge is 0.494 e. The maximum atomic E-state index is 12.7. The van der Waals surface area contributed by atoms with Gasteiger partial charge in [0.05, 0.1) is 11.5 Å². The third kappa shape index (κ3) is 4.72. The van der Waals surface area contributed by atoms with E-state index in [9.17, 15) is 13.2 Å². The van der Waals surface area contributed by atoms with Gasteiger partial charge in [-0.2, -0.15) is 4.31 Å². The number of carbonyl (C=O) groups is 1. The fourth-order valence-corrected chi connectivity index (χ4v) is 4.86. The van der Waals surface area contributed by atoms with Crippen molar-refractivity contribution in [3.05, 3.63) is 60.2 Å². The van der Waals surface area contributed by atoms with Gasteiger partial charge in [-0.25, -0.2) is 8.42 Å². The molecule has 1 N–H and O–H groups in total. The van der Waals surface area contributed by atoms with Crippen LogP contribution >= 0.6 is 0 Å². The Bertz CT molecular complexity index is 892. The molecular weight excluding hydrogens is 376 g/mol. The lowest BCUT2D eigenvalue weighted by Gasteiger charge is -2.30. The van der Waals surface area contributed by atoms with Crippen LogP contribution in [0.5, 0.6) is 5.75 Å². The highest BCUT2D eigenvalue weighted by Crippen LogP contribution is 2.24. The number of hydrogen-bond acceptors (Lipinski definition) is 4. The Kier molecular flexibility index (Phi) is 6.70. The van der Waals surface area contributed by atoms with E-state index in [2.05, 4.69) is 5.32 Å². The fraction of sp³-hybridized carbons (Fsp3) is 0.381. The number of para-hydroxylation sites is 1. The van der Waals surface area contributed by atoms with E-state index in [1.165, 1.54) is 4.31 Å². The van der Waals surface area contributed by atoms with Crippen molar-refractivity contribution in [1.29, 1.82) is 0 Å². The van der Waals surface area contributed by atoms with Crippen LogP contribution in [0.4, 0.5) is 0 Å². The second kappa shape index (κ2) is 9.21. The topological polar surface area (TPSA) is 75.7 Å². The van der Waals surface area contributed by atoms with Crippen molar-refractivity contribution >= 4 is 15.9 Å². The number of rotatable bonds is 7. The zero-order chi connectivity index (χ0) is 20.0. The molecule has 0 aliphatic carbocycles. The van der Waals surface area contributed by atoms with E-state index in [1.54, 1.807) is 30.3 Å². The lowest BCUT2D eigenvalue weighted by Crippen LogP contribution is -2.42. The molecule has 1 aliphatic rings. The fourth-order valence-electron chi connectivity index (χ4n) is 3.37. The first-order chi connectivity index (χ1) is 13.5. The average molecular weight is 403 g/mol. The van der Waals surface area contributed by atoms with Crippen LogP contribution in [0, 0.1) is 5.92 Å². The minimum atomic E-state index is -3.49. The van der Waals surface area contributed by atoms with E-state index in [0.29, 0.717) is 44.0 Å². The highest BCUT2D eigenvalue weighted by molar-refractivity contribution is 7.89. The van der Waals surface area contributed by atoms with Gasteiger partial charge in [-0.05, 0) is 38.0 Å². The highest BCUT2D eigenvalue weighted by Gasteiger charge is 2.31. The quantitative estimate of drug-likeness (QED) is 0.773. The first-order valence-electron chi connectivity index (χ1n) is 9.56. The van der Waals surface area contributed by atoms with Gasteiger partial charge in [-0.15, -0.1) is 0 Å². The number of benzene rings is 2. The second-order valence-corrected chi connectivity index (χ2v) is 8.69. The number of hydrogen-bond donors (Lipinski definition) is 1. The molecule has 6 nitrogen and oxygen atoms in total. The second-order valence-electron chi connectivity index (χ2n) is 6.75. The monoisotopic (exact) mass is 402 g/mol. The Balaban J connectivity index is 1.54. The Hall–Kier alpha value is -2.38. The van der Waals surface area contributed by atoms with Gasteiger partial charge in [-0.1, -0.05) is 36.4 Å². The first kappa shape index (κ1) is 20.4. The Morgan fingerprint density at radius 1 is 1.07 bits per heavy atom. The number of carbonyl (C=O) groups excluding carboxylic acids is 1. The molecule has 0 aromatic heterocycles. The summed E-state index contributed by atoms with van der Waals surface area (Å²) in [6.45, 7) is 3.60. The molecular formula is C21H26N2O4S. The maximum Gasteiger partial charge on any atom is 0.243 e. The molecule has 0 bridgehead atoms. The summed E-state index contributed by atoms with van der Waals surface area (Å²) < 4.78 is 32.4. The predicted octanol–water partition coefficient (Wildman–Crippen LogP) is 2.80. The van der Waals surface area contributed by atoms with Gasteiger partial charge in [0.2, 0.25) is 15.9 Å². The summed E-state index contributed by atoms with van der Waals surface area (Å²) in [5, 5.41) is 2.97. The zero-order valence-corrected chi connectivity index (χ0v) is 16.8. The molecule has 7 heteroatoms. The molecule has 2 aromatic rings. The van der Waals surface area contributed by atoms with E-state index in [4.69, 9.17) is 4.74 Å². The number of piperidine rings is 1. The van der Waals surface area contributed by atoms with Crippen LogP contribution in [-0.2, 0) is 21.4 Å². The molecule has 0 unspecified atom stereocenters. The van der Waals surface area contributed by atoms with Crippen molar-refractivity contribution in [2.75, 3.05) is 19.7 Å². The summed E-state index contributed by atoms with van der Waals surface area (Å²) in [7, 11) is -3.49. The van der Waals surface area contributed by atoms with E-state index < -0.39 is 10.0 Å².